The molecule has 0 bridgehead atoms. The molecular weight excluding hydrogens is 262 g/mol. The Kier molecular flexibility index (Phi) is 4.06. The van der Waals surface area contributed by atoms with Gasteiger partial charge < -0.3 is 0 Å². The lowest BCUT2D eigenvalue weighted by atomic mass is 9.98. The number of carbonyl (C=O) groups is 1. The lowest BCUT2D eigenvalue weighted by Gasteiger charge is -2.29. The Morgan fingerprint density at radius 3 is 2.42 bits per heavy atom. The number of hydrogen-bond donors (Lipinski definition) is 0. The van der Waals surface area contributed by atoms with E-state index in [1.54, 1.807) is 12.1 Å². The fourth-order valence-corrected chi connectivity index (χ4v) is 2.97. The van der Waals surface area contributed by atoms with Crippen molar-refractivity contribution in [1.82, 2.24) is 4.90 Å². The summed E-state index contributed by atoms with van der Waals surface area (Å²) in [5.41, 5.74) is 1.08. The fraction of sp³-hybridized carbons (Fsp3) is 0.500. The van der Waals surface area contributed by atoms with Crippen molar-refractivity contribution in [3.05, 3.63) is 29.8 Å². The third-order valence-corrected chi connectivity index (χ3v) is 4.64. The summed E-state index contributed by atoms with van der Waals surface area (Å²) in [7, 11) is -3.13. The van der Waals surface area contributed by atoms with Crippen molar-refractivity contribution in [1.29, 1.82) is 0 Å². The van der Waals surface area contributed by atoms with E-state index in [-0.39, 0.29) is 5.92 Å². The number of carbonyl (C=O) groups excluding carboxylic acids is 1. The van der Waals surface area contributed by atoms with Crippen LogP contribution in [-0.2, 0) is 21.2 Å². The molecule has 4 nitrogen and oxygen atoms in total. The van der Waals surface area contributed by atoms with Crippen molar-refractivity contribution in [2.45, 2.75) is 24.8 Å². The zero-order valence-corrected chi connectivity index (χ0v) is 12.1. The quantitative estimate of drug-likeness (QED) is 0.842. The Labute approximate surface area is 114 Å². The topological polar surface area (TPSA) is 54.5 Å². The highest BCUT2D eigenvalue weighted by atomic mass is 32.2. The van der Waals surface area contributed by atoms with Crippen LogP contribution < -0.4 is 0 Å². The molecule has 19 heavy (non-hydrogen) atoms. The highest BCUT2D eigenvalue weighted by molar-refractivity contribution is 7.90. The number of sulfone groups is 1. The number of ketones is 1. The molecule has 0 radical (unpaired) electrons. The summed E-state index contributed by atoms with van der Waals surface area (Å²) in [6.45, 7) is 4.30. The summed E-state index contributed by atoms with van der Waals surface area (Å²) in [5.74, 6) is 0.438. The molecular formula is C14H19NO3S. The van der Waals surface area contributed by atoms with Gasteiger partial charge in [0.2, 0.25) is 0 Å². The van der Waals surface area contributed by atoms with Gasteiger partial charge in [0.1, 0.15) is 5.78 Å². The van der Waals surface area contributed by atoms with E-state index in [2.05, 4.69) is 4.90 Å². The molecule has 1 aromatic carbocycles. The predicted octanol–water partition coefficient (Wildman–Crippen LogP) is 1.50. The molecule has 1 saturated heterocycles. The number of nitrogens with zero attached hydrogens (tertiary/aromatic N) is 1. The van der Waals surface area contributed by atoms with E-state index in [9.17, 15) is 13.2 Å². The molecule has 2 rings (SSSR count). The van der Waals surface area contributed by atoms with Gasteiger partial charge in [-0.3, -0.25) is 9.69 Å². The minimum Gasteiger partial charge on any atom is -0.299 e. The molecule has 1 atom stereocenters. The van der Waals surface area contributed by atoms with Gasteiger partial charge in [0.05, 0.1) is 4.90 Å². The Morgan fingerprint density at radius 1 is 1.26 bits per heavy atom. The molecule has 1 aliphatic heterocycles. The summed E-state index contributed by atoms with van der Waals surface area (Å²) in [6.07, 6.45) is 1.82. The Bertz CT molecular complexity index is 563. The number of benzene rings is 1. The van der Waals surface area contributed by atoms with Gasteiger partial charge in [-0.1, -0.05) is 19.1 Å². The van der Waals surface area contributed by atoms with Crippen molar-refractivity contribution < 1.29 is 13.2 Å². The number of rotatable bonds is 3. The fourth-order valence-electron chi connectivity index (χ4n) is 2.34. The van der Waals surface area contributed by atoms with Crippen LogP contribution >= 0.6 is 0 Å². The van der Waals surface area contributed by atoms with Gasteiger partial charge in [0.25, 0.3) is 0 Å². The van der Waals surface area contributed by atoms with E-state index in [4.69, 9.17) is 0 Å². The number of piperidine rings is 1. The predicted molar refractivity (Wildman–Crippen MR) is 73.6 cm³/mol. The maximum Gasteiger partial charge on any atom is 0.175 e. The van der Waals surface area contributed by atoms with Gasteiger partial charge >= 0.3 is 0 Å². The number of hydrogen-bond acceptors (Lipinski definition) is 4. The highest BCUT2D eigenvalue weighted by Crippen LogP contribution is 2.16. The van der Waals surface area contributed by atoms with Crippen molar-refractivity contribution >= 4 is 15.6 Å². The molecule has 0 N–H and O–H groups in total. The molecule has 5 heteroatoms. The normalized spacial score (nSPS) is 21.6. The van der Waals surface area contributed by atoms with Crippen LogP contribution in [-0.4, -0.2) is 38.4 Å². The average Bonchev–Trinajstić information content (AvgIpc) is 2.33. The minimum absolute atomic E-state index is 0.101. The molecule has 0 aromatic heterocycles. The summed E-state index contributed by atoms with van der Waals surface area (Å²) in [6, 6.07) is 6.97. The van der Waals surface area contributed by atoms with E-state index >= 15 is 0 Å². The van der Waals surface area contributed by atoms with E-state index in [1.807, 2.05) is 19.1 Å². The second-order valence-electron chi connectivity index (χ2n) is 5.27. The van der Waals surface area contributed by atoms with Crippen LogP contribution in [0.2, 0.25) is 0 Å². The maximum absolute atomic E-state index is 11.5. The molecule has 0 saturated carbocycles. The summed E-state index contributed by atoms with van der Waals surface area (Å²) in [4.78, 5) is 14.0. The summed E-state index contributed by atoms with van der Waals surface area (Å²) >= 11 is 0. The lowest BCUT2D eigenvalue weighted by Crippen LogP contribution is -2.38. The van der Waals surface area contributed by atoms with Gasteiger partial charge in [-0.2, -0.15) is 0 Å². The molecule has 1 fully saturated rings. The Morgan fingerprint density at radius 2 is 1.89 bits per heavy atom. The lowest BCUT2D eigenvalue weighted by molar-refractivity contribution is -0.125. The van der Waals surface area contributed by atoms with Crippen molar-refractivity contribution in [3.63, 3.8) is 0 Å². The summed E-state index contributed by atoms with van der Waals surface area (Å²) in [5, 5.41) is 0. The van der Waals surface area contributed by atoms with E-state index < -0.39 is 9.84 Å². The molecule has 1 heterocycles. The SMILES string of the molecule is CC1CN(Cc2ccc(S(C)(=O)=O)cc2)CCC1=O. The third kappa shape index (κ3) is 3.64. The minimum atomic E-state index is -3.13. The molecule has 104 valence electrons. The monoisotopic (exact) mass is 281 g/mol. The van der Waals surface area contributed by atoms with E-state index in [0.717, 1.165) is 25.2 Å². The van der Waals surface area contributed by atoms with Crippen LogP contribution in [0.4, 0.5) is 0 Å². The second-order valence-corrected chi connectivity index (χ2v) is 7.28. The van der Waals surface area contributed by atoms with Crippen LogP contribution in [0.1, 0.15) is 18.9 Å². The van der Waals surface area contributed by atoms with Crippen molar-refractivity contribution in [2.75, 3.05) is 19.3 Å². The first-order valence-electron chi connectivity index (χ1n) is 6.40. The first kappa shape index (κ1) is 14.2. The zero-order valence-electron chi connectivity index (χ0n) is 11.3. The largest absolute Gasteiger partial charge is 0.299 e. The maximum atomic E-state index is 11.5. The Hall–Kier alpha value is -1.20. The van der Waals surface area contributed by atoms with Crippen LogP contribution in [0.5, 0.6) is 0 Å². The molecule has 1 aromatic rings. The number of Topliss-reactive ketones (excluding diaryl/α,β-unsaturated/α-hetero) is 1. The van der Waals surface area contributed by atoms with E-state index in [0.29, 0.717) is 17.1 Å². The number of likely N-dealkylation sites (tertiary alicyclic amines) is 1. The first-order valence-corrected chi connectivity index (χ1v) is 8.29. The highest BCUT2D eigenvalue weighted by Gasteiger charge is 2.23. The van der Waals surface area contributed by atoms with Crippen LogP contribution in [0.15, 0.2) is 29.2 Å². The molecule has 0 amide bonds. The molecule has 0 aliphatic carbocycles. The standard InChI is InChI=1S/C14H19NO3S/c1-11-9-15(8-7-14(11)16)10-12-3-5-13(6-4-12)19(2,17)18/h3-6,11H,7-10H2,1-2H3. The Balaban J connectivity index is 2.02. The summed E-state index contributed by atoms with van der Waals surface area (Å²) < 4.78 is 22.7. The molecule has 1 unspecified atom stereocenters. The molecule has 0 spiro atoms. The van der Waals surface area contributed by atoms with Crippen molar-refractivity contribution in [3.8, 4) is 0 Å². The zero-order chi connectivity index (χ0) is 14.0. The van der Waals surface area contributed by atoms with Gasteiger partial charge in [-0.25, -0.2) is 8.42 Å². The van der Waals surface area contributed by atoms with Crippen LogP contribution in [0.3, 0.4) is 0 Å². The van der Waals surface area contributed by atoms with Crippen molar-refractivity contribution in [2.24, 2.45) is 5.92 Å². The smallest absolute Gasteiger partial charge is 0.175 e. The van der Waals surface area contributed by atoms with E-state index in [1.165, 1.54) is 6.26 Å². The van der Waals surface area contributed by atoms with Gasteiger partial charge in [-0.05, 0) is 17.7 Å². The van der Waals surface area contributed by atoms with Gasteiger partial charge in [0, 0.05) is 38.2 Å². The van der Waals surface area contributed by atoms with Crippen LogP contribution in [0, 0.1) is 5.92 Å². The van der Waals surface area contributed by atoms with Crippen LogP contribution in [0.25, 0.3) is 0 Å². The molecule has 1 aliphatic rings. The van der Waals surface area contributed by atoms with Gasteiger partial charge in [0.15, 0.2) is 9.84 Å². The second kappa shape index (κ2) is 5.43. The third-order valence-electron chi connectivity index (χ3n) is 3.51. The van der Waals surface area contributed by atoms with Gasteiger partial charge in [-0.15, -0.1) is 0 Å². The average molecular weight is 281 g/mol. The first-order chi connectivity index (χ1) is 8.86.